The summed E-state index contributed by atoms with van der Waals surface area (Å²) in [5.41, 5.74) is 5.66. The van der Waals surface area contributed by atoms with Crippen LogP contribution in [0.2, 0.25) is 0 Å². The minimum atomic E-state index is -0.0232. The molecule has 0 bridgehead atoms. The van der Waals surface area contributed by atoms with Crippen molar-refractivity contribution < 1.29 is 4.79 Å². The van der Waals surface area contributed by atoms with Gasteiger partial charge in [-0.25, -0.2) is 0 Å². The maximum atomic E-state index is 12.3. The number of nitrogens with zero attached hydrogens (tertiary/aromatic N) is 2. The van der Waals surface area contributed by atoms with Crippen molar-refractivity contribution in [3.8, 4) is 0 Å². The summed E-state index contributed by atoms with van der Waals surface area (Å²) in [5.74, 6) is 0.814. The van der Waals surface area contributed by atoms with Crippen LogP contribution in [0.3, 0.4) is 0 Å². The first-order valence-electron chi connectivity index (χ1n) is 6.68. The summed E-state index contributed by atoms with van der Waals surface area (Å²) in [4.78, 5) is 16.5. The summed E-state index contributed by atoms with van der Waals surface area (Å²) < 4.78 is 0. The number of carbonyl (C=O) groups excluding carboxylic acids is 1. The van der Waals surface area contributed by atoms with Crippen molar-refractivity contribution >= 4 is 5.91 Å². The molecule has 17 heavy (non-hydrogen) atoms. The molecular weight excluding hydrogens is 214 g/mol. The van der Waals surface area contributed by atoms with Crippen molar-refractivity contribution in [3.05, 3.63) is 0 Å². The fourth-order valence-electron chi connectivity index (χ4n) is 2.54. The van der Waals surface area contributed by atoms with Gasteiger partial charge in [0.25, 0.3) is 0 Å². The first kappa shape index (κ1) is 14.5. The third-order valence-corrected chi connectivity index (χ3v) is 3.53. The molecule has 4 heteroatoms. The maximum Gasteiger partial charge on any atom is 0.239 e. The number of carbonyl (C=O) groups is 1. The first-order valence-corrected chi connectivity index (χ1v) is 6.68. The smallest absolute Gasteiger partial charge is 0.239 e. The predicted molar refractivity (Wildman–Crippen MR) is 70.7 cm³/mol. The second-order valence-electron chi connectivity index (χ2n) is 5.58. The number of rotatable bonds is 4. The second-order valence-corrected chi connectivity index (χ2v) is 5.58. The largest absolute Gasteiger partial charge is 0.344 e. The van der Waals surface area contributed by atoms with Gasteiger partial charge in [0.05, 0.1) is 6.04 Å². The minimum absolute atomic E-state index is 0.0232. The van der Waals surface area contributed by atoms with Gasteiger partial charge in [-0.1, -0.05) is 13.8 Å². The Kier molecular flexibility index (Phi) is 5.40. The average molecular weight is 241 g/mol. The van der Waals surface area contributed by atoms with E-state index < -0.39 is 0 Å². The lowest BCUT2D eigenvalue weighted by Gasteiger charge is -2.34. The third-order valence-electron chi connectivity index (χ3n) is 3.53. The van der Waals surface area contributed by atoms with Gasteiger partial charge in [0.2, 0.25) is 5.91 Å². The molecule has 1 heterocycles. The van der Waals surface area contributed by atoms with Gasteiger partial charge in [-0.3, -0.25) is 9.69 Å². The Morgan fingerprint density at radius 1 is 1.47 bits per heavy atom. The SMILES string of the molecule is CC(C)CN1C(C)CCN(C)C(=O)C1CCN. The van der Waals surface area contributed by atoms with E-state index >= 15 is 0 Å². The molecule has 0 aliphatic carbocycles. The molecule has 0 aromatic heterocycles. The van der Waals surface area contributed by atoms with Gasteiger partial charge in [0.15, 0.2) is 0 Å². The molecule has 0 aromatic carbocycles. The first-order chi connectivity index (χ1) is 7.97. The van der Waals surface area contributed by atoms with Gasteiger partial charge in [-0.2, -0.15) is 0 Å². The summed E-state index contributed by atoms with van der Waals surface area (Å²) in [7, 11) is 1.90. The standard InChI is InChI=1S/C13H27N3O/c1-10(2)9-16-11(3)6-8-15(4)13(17)12(16)5-7-14/h10-12H,5-9,14H2,1-4H3. The van der Waals surface area contributed by atoms with Gasteiger partial charge in [0, 0.05) is 26.2 Å². The summed E-state index contributed by atoms with van der Waals surface area (Å²) in [6.45, 7) is 9.03. The van der Waals surface area contributed by atoms with Crippen molar-refractivity contribution in [2.45, 2.75) is 45.7 Å². The molecule has 0 spiro atoms. The molecular formula is C13H27N3O. The molecule has 2 atom stereocenters. The van der Waals surface area contributed by atoms with Crippen molar-refractivity contribution in [2.24, 2.45) is 11.7 Å². The highest BCUT2D eigenvalue weighted by atomic mass is 16.2. The van der Waals surface area contributed by atoms with E-state index in [1.54, 1.807) is 0 Å². The van der Waals surface area contributed by atoms with E-state index in [4.69, 9.17) is 5.73 Å². The Hall–Kier alpha value is -0.610. The van der Waals surface area contributed by atoms with E-state index in [1.807, 2.05) is 11.9 Å². The van der Waals surface area contributed by atoms with Crippen molar-refractivity contribution in [2.75, 3.05) is 26.7 Å². The molecule has 100 valence electrons. The molecule has 0 saturated carbocycles. The molecule has 1 amide bonds. The Morgan fingerprint density at radius 2 is 2.12 bits per heavy atom. The second kappa shape index (κ2) is 6.36. The zero-order valence-corrected chi connectivity index (χ0v) is 11.6. The highest BCUT2D eigenvalue weighted by molar-refractivity contribution is 5.82. The number of hydrogen-bond donors (Lipinski definition) is 1. The molecule has 1 saturated heterocycles. The number of amides is 1. The summed E-state index contributed by atoms with van der Waals surface area (Å²) in [5, 5.41) is 0. The van der Waals surface area contributed by atoms with Gasteiger partial charge >= 0.3 is 0 Å². The van der Waals surface area contributed by atoms with Crippen LogP contribution >= 0.6 is 0 Å². The molecule has 2 unspecified atom stereocenters. The highest BCUT2D eigenvalue weighted by Gasteiger charge is 2.34. The lowest BCUT2D eigenvalue weighted by Crippen LogP contribution is -2.49. The van der Waals surface area contributed by atoms with Crippen molar-refractivity contribution in [1.82, 2.24) is 9.80 Å². The number of likely N-dealkylation sites (N-methyl/N-ethyl adjacent to an activating group) is 1. The topological polar surface area (TPSA) is 49.6 Å². The maximum absolute atomic E-state index is 12.3. The zero-order chi connectivity index (χ0) is 13.0. The normalized spacial score (nSPS) is 27.6. The van der Waals surface area contributed by atoms with Crippen LogP contribution in [0.1, 0.15) is 33.6 Å². The van der Waals surface area contributed by atoms with Crippen LogP contribution < -0.4 is 5.73 Å². The fraction of sp³-hybridized carbons (Fsp3) is 0.923. The Bertz CT molecular complexity index is 255. The van der Waals surface area contributed by atoms with E-state index in [0.29, 0.717) is 18.5 Å². The van der Waals surface area contributed by atoms with Gasteiger partial charge in [-0.15, -0.1) is 0 Å². The van der Waals surface area contributed by atoms with Crippen LogP contribution in [0.15, 0.2) is 0 Å². The highest BCUT2D eigenvalue weighted by Crippen LogP contribution is 2.20. The third kappa shape index (κ3) is 3.68. The van der Waals surface area contributed by atoms with Crippen LogP contribution in [0.25, 0.3) is 0 Å². The van der Waals surface area contributed by atoms with Crippen LogP contribution in [0.4, 0.5) is 0 Å². The fourth-order valence-corrected chi connectivity index (χ4v) is 2.54. The van der Waals surface area contributed by atoms with E-state index in [2.05, 4.69) is 25.7 Å². The Labute approximate surface area is 105 Å². The minimum Gasteiger partial charge on any atom is -0.344 e. The average Bonchev–Trinajstić information content (AvgIpc) is 2.35. The van der Waals surface area contributed by atoms with E-state index in [-0.39, 0.29) is 11.9 Å². The van der Waals surface area contributed by atoms with Crippen LogP contribution in [-0.2, 0) is 4.79 Å². The molecule has 1 aliphatic rings. The Balaban J connectivity index is 2.87. The van der Waals surface area contributed by atoms with Gasteiger partial charge < -0.3 is 10.6 Å². The van der Waals surface area contributed by atoms with Gasteiger partial charge in [-0.05, 0) is 32.2 Å². The molecule has 0 aromatic rings. The van der Waals surface area contributed by atoms with E-state index in [9.17, 15) is 4.79 Å². The lowest BCUT2D eigenvalue weighted by atomic mass is 10.1. The number of nitrogens with two attached hydrogens (primary N) is 1. The van der Waals surface area contributed by atoms with Gasteiger partial charge in [0.1, 0.15) is 0 Å². The number of hydrogen-bond acceptors (Lipinski definition) is 3. The molecule has 0 radical (unpaired) electrons. The predicted octanol–water partition coefficient (Wildman–Crippen LogP) is 0.912. The summed E-state index contributed by atoms with van der Waals surface area (Å²) in [6.07, 6.45) is 1.82. The van der Waals surface area contributed by atoms with Crippen LogP contribution in [-0.4, -0.2) is 54.5 Å². The molecule has 1 aliphatic heterocycles. The van der Waals surface area contributed by atoms with E-state index in [0.717, 1.165) is 25.9 Å². The quantitative estimate of drug-likeness (QED) is 0.796. The summed E-state index contributed by atoms with van der Waals surface area (Å²) in [6, 6.07) is 0.438. The monoisotopic (exact) mass is 241 g/mol. The molecule has 4 nitrogen and oxygen atoms in total. The molecule has 1 fully saturated rings. The van der Waals surface area contributed by atoms with Crippen LogP contribution in [0, 0.1) is 5.92 Å². The lowest BCUT2D eigenvalue weighted by molar-refractivity contribution is -0.134. The van der Waals surface area contributed by atoms with Crippen molar-refractivity contribution in [3.63, 3.8) is 0 Å². The molecule has 2 N–H and O–H groups in total. The van der Waals surface area contributed by atoms with Crippen molar-refractivity contribution in [1.29, 1.82) is 0 Å². The van der Waals surface area contributed by atoms with E-state index in [1.165, 1.54) is 0 Å². The van der Waals surface area contributed by atoms with Crippen LogP contribution in [0.5, 0.6) is 0 Å². The Morgan fingerprint density at radius 3 is 2.65 bits per heavy atom. The zero-order valence-electron chi connectivity index (χ0n) is 11.6. The summed E-state index contributed by atoms with van der Waals surface area (Å²) >= 11 is 0. The molecule has 1 rings (SSSR count).